The van der Waals surface area contributed by atoms with Crippen LogP contribution in [-0.2, 0) is 0 Å². The zero-order valence-electron chi connectivity index (χ0n) is 14.8. The molecule has 0 heterocycles. The molecular formula is C18H40Si. The first-order valence-electron chi connectivity index (χ1n) is 8.83. The highest BCUT2D eigenvalue weighted by atomic mass is 28.3. The number of unbranched alkanes of at least 4 members (excludes halogenated alkanes) is 7. The Morgan fingerprint density at radius 3 is 1.68 bits per heavy atom. The van der Waals surface area contributed by atoms with Gasteiger partial charge in [0.25, 0.3) is 0 Å². The summed E-state index contributed by atoms with van der Waals surface area (Å²) in [7, 11) is -0.941. The van der Waals surface area contributed by atoms with Crippen LogP contribution in [0.5, 0.6) is 0 Å². The van der Waals surface area contributed by atoms with Crippen LogP contribution in [-0.4, -0.2) is 8.07 Å². The van der Waals surface area contributed by atoms with Gasteiger partial charge in [0, 0.05) is 8.07 Å². The molecule has 116 valence electrons. The second-order valence-corrected chi connectivity index (χ2v) is 13.3. The molecule has 0 aromatic heterocycles. The molecule has 0 bridgehead atoms. The smallest absolute Gasteiger partial charge is 0.0479 e. The Hall–Kier alpha value is 0.217. The lowest BCUT2D eigenvalue weighted by Crippen LogP contribution is -2.31. The molecule has 0 unspecified atom stereocenters. The van der Waals surface area contributed by atoms with E-state index in [1.54, 1.807) is 6.04 Å². The van der Waals surface area contributed by atoms with Crippen LogP contribution in [0.25, 0.3) is 0 Å². The summed E-state index contributed by atoms with van der Waals surface area (Å²) in [6, 6.07) is 3.05. The van der Waals surface area contributed by atoms with Crippen molar-refractivity contribution in [1.82, 2.24) is 0 Å². The topological polar surface area (TPSA) is 0 Å². The van der Waals surface area contributed by atoms with Gasteiger partial charge in [-0.3, -0.25) is 0 Å². The van der Waals surface area contributed by atoms with Crippen molar-refractivity contribution in [3.05, 3.63) is 0 Å². The van der Waals surface area contributed by atoms with Gasteiger partial charge < -0.3 is 0 Å². The lowest BCUT2D eigenvalue weighted by molar-refractivity contribution is 0.390. The normalized spacial score (nSPS) is 12.9. The zero-order valence-corrected chi connectivity index (χ0v) is 15.8. The summed E-state index contributed by atoms with van der Waals surface area (Å²) < 4.78 is 0. The molecule has 0 fully saturated rings. The lowest BCUT2D eigenvalue weighted by Gasteiger charge is -2.33. The molecule has 19 heavy (non-hydrogen) atoms. The third-order valence-electron chi connectivity index (χ3n) is 4.62. The van der Waals surface area contributed by atoms with E-state index in [9.17, 15) is 0 Å². The van der Waals surface area contributed by atoms with Crippen LogP contribution in [0.4, 0.5) is 0 Å². The number of rotatable bonds is 12. The summed E-state index contributed by atoms with van der Waals surface area (Å²) in [5.41, 5.74) is 0.579. The fourth-order valence-corrected chi connectivity index (χ4v) is 7.47. The molecular weight excluding hydrogens is 244 g/mol. The maximum atomic E-state index is 2.60. The van der Waals surface area contributed by atoms with E-state index < -0.39 is 8.07 Å². The first kappa shape index (κ1) is 19.2. The Morgan fingerprint density at radius 1 is 0.737 bits per heavy atom. The molecule has 0 aromatic carbocycles. The standard InChI is InChI=1S/C18H40Si/c1-7-9-10-11-12-13-14-15-16-19(5,6)17-18(3,4)8-2/h7-17H2,1-6H3. The Labute approximate surface area is 124 Å². The molecule has 1 heteroatoms. The fourth-order valence-electron chi connectivity index (χ4n) is 3.25. The van der Waals surface area contributed by atoms with Crippen molar-refractivity contribution in [3.8, 4) is 0 Å². The van der Waals surface area contributed by atoms with Crippen molar-refractivity contribution in [2.24, 2.45) is 5.41 Å². The van der Waals surface area contributed by atoms with Gasteiger partial charge in [-0.1, -0.05) is 111 Å². The van der Waals surface area contributed by atoms with Gasteiger partial charge in [-0.15, -0.1) is 0 Å². The van der Waals surface area contributed by atoms with E-state index in [0.29, 0.717) is 5.41 Å². The van der Waals surface area contributed by atoms with Gasteiger partial charge in [0.1, 0.15) is 0 Å². The minimum Gasteiger partial charge on any atom is -0.0693 e. The van der Waals surface area contributed by atoms with E-state index in [1.807, 2.05) is 0 Å². The monoisotopic (exact) mass is 284 g/mol. The highest BCUT2D eigenvalue weighted by Crippen LogP contribution is 2.34. The third kappa shape index (κ3) is 11.7. The Bertz CT molecular complexity index is 206. The average Bonchev–Trinajstić information content (AvgIpc) is 2.31. The van der Waals surface area contributed by atoms with Crippen LogP contribution in [0.3, 0.4) is 0 Å². The molecule has 0 atom stereocenters. The fraction of sp³-hybridized carbons (Fsp3) is 1.00. The largest absolute Gasteiger partial charge is 0.0693 e. The van der Waals surface area contributed by atoms with Crippen molar-refractivity contribution in [3.63, 3.8) is 0 Å². The predicted octanol–water partition coefficient (Wildman–Crippen LogP) is 7.27. The lowest BCUT2D eigenvalue weighted by atomic mass is 9.93. The summed E-state index contributed by atoms with van der Waals surface area (Å²) in [6.45, 7) is 14.8. The summed E-state index contributed by atoms with van der Waals surface area (Å²) in [5.74, 6) is 0. The number of hydrogen-bond acceptors (Lipinski definition) is 0. The maximum absolute atomic E-state index is 2.60. The van der Waals surface area contributed by atoms with E-state index >= 15 is 0 Å². The summed E-state index contributed by atoms with van der Waals surface area (Å²) >= 11 is 0. The first-order chi connectivity index (χ1) is 8.83. The first-order valence-corrected chi connectivity index (χ1v) is 12.2. The van der Waals surface area contributed by atoms with Crippen molar-refractivity contribution in [2.75, 3.05) is 0 Å². The van der Waals surface area contributed by atoms with Crippen molar-refractivity contribution in [1.29, 1.82) is 0 Å². The molecule has 0 rings (SSSR count). The summed E-state index contributed by atoms with van der Waals surface area (Å²) in [5, 5.41) is 0. The molecule has 0 aliphatic carbocycles. The quantitative estimate of drug-likeness (QED) is 0.261. The van der Waals surface area contributed by atoms with E-state index in [0.717, 1.165) is 0 Å². The van der Waals surface area contributed by atoms with E-state index in [1.165, 1.54) is 63.8 Å². The van der Waals surface area contributed by atoms with Crippen LogP contribution in [0.15, 0.2) is 0 Å². The minimum atomic E-state index is -0.941. The van der Waals surface area contributed by atoms with Crippen LogP contribution in [0.2, 0.25) is 25.2 Å². The van der Waals surface area contributed by atoms with Crippen molar-refractivity contribution >= 4 is 8.07 Å². The molecule has 0 aliphatic heterocycles. The highest BCUT2D eigenvalue weighted by Gasteiger charge is 2.28. The molecule has 0 aromatic rings. The van der Waals surface area contributed by atoms with Gasteiger partial charge in [-0.2, -0.15) is 0 Å². The van der Waals surface area contributed by atoms with Crippen LogP contribution in [0.1, 0.15) is 85.5 Å². The van der Waals surface area contributed by atoms with Crippen LogP contribution in [0, 0.1) is 5.41 Å². The van der Waals surface area contributed by atoms with Crippen LogP contribution < -0.4 is 0 Å². The molecule has 0 amide bonds. The van der Waals surface area contributed by atoms with Gasteiger partial charge in [-0.25, -0.2) is 0 Å². The average molecular weight is 285 g/mol. The van der Waals surface area contributed by atoms with E-state index in [-0.39, 0.29) is 0 Å². The van der Waals surface area contributed by atoms with Crippen molar-refractivity contribution < 1.29 is 0 Å². The second kappa shape index (κ2) is 10.0. The van der Waals surface area contributed by atoms with E-state index in [2.05, 4.69) is 40.8 Å². The van der Waals surface area contributed by atoms with Gasteiger partial charge in [-0.05, 0) is 5.41 Å². The van der Waals surface area contributed by atoms with E-state index in [4.69, 9.17) is 0 Å². The summed E-state index contributed by atoms with van der Waals surface area (Å²) in [4.78, 5) is 0. The maximum Gasteiger partial charge on any atom is 0.0479 e. The second-order valence-electron chi connectivity index (χ2n) is 8.08. The molecule has 0 saturated carbocycles. The summed E-state index contributed by atoms with van der Waals surface area (Å²) in [6.07, 6.45) is 13.0. The van der Waals surface area contributed by atoms with Crippen LogP contribution >= 0.6 is 0 Å². The zero-order chi connectivity index (χ0) is 14.8. The molecule has 0 nitrogen and oxygen atoms in total. The molecule has 0 spiro atoms. The third-order valence-corrected chi connectivity index (χ3v) is 8.24. The molecule has 0 N–H and O–H groups in total. The molecule has 0 radical (unpaired) electrons. The van der Waals surface area contributed by atoms with Gasteiger partial charge >= 0.3 is 0 Å². The van der Waals surface area contributed by atoms with Gasteiger partial charge in [0.05, 0.1) is 0 Å². The van der Waals surface area contributed by atoms with Crippen molar-refractivity contribution in [2.45, 2.75) is 111 Å². The highest BCUT2D eigenvalue weighted by molar-refractivity contribution is 6.77. The Kier molecular flexibility index (Phi) is 10.1. The molecule has 0 saturated heterocycles. The minimum absolute atomic E-state index is 0.579. The van der Waals surface area contributed by atoms with Gasteiger partial charge in [0.2, 0.25) is 0 Å². The number of hydrogen-bond donors (Lipinski definition) is 0. The molecule has 0 aliphatic rings. The Morgan fingerprint density at radius 2 is 1.21 bits per heavy atom. The predicted molar refractivity (Wildman–Crippen MR) is 93.8 cm³/mol. The SMILES string of the molecule is CCCCCCCCCC[Si](C)(C)CC(C)(C)CC. The Balaban J connectivity index is 3.59. The van der Waals surface area contributed by atoms with Gasteiger partial charge in [0.15, 0.2) is 0 Å².